The zero-order valence-electron chi connectivity index (χ0n) is 11.7. The van der Waals surface area contributed by atoms with Gasteiger partial charge in [0.1, 0.15) is 11.8 Å². The van der Waals surface area contributed by atoms with E-state index in [2.05, 4.69) is 17.5 Å². The summed E-state index contributed by atoms with van der Waals surface area (Å²) in [5.74, 6) is 0.691. The van der Waals surface area contributed by atoms with Crippen molar-refractivity contribution >= 4 is 17.3 Å². The molecule has 21 heavy (non-hydrogen) atoms. The summed E-state index contributed by atoms with van der Waals surface area (Å²) in [4.78, 5) is 0. The van der Waals surface area contributed by atoms with Gasteiger partial charge >= 0.3 is 0 Å². The van der Waals surface area contributed by atoms with Crippen LogP contribution in [-0.2, 0) is 6.42 Å². The highest BCUT2D eigenvalue weighted by molar-refractivity contribution is 6.30. The zero-order chi connectivity index (χ0) is 14.8. The van der Waals surface area contributed by atoms with E-state index in [1.165, 1.54) is 11.1 Å². The van der Waals surface area contributed by atoms with E-state index in [1.54, 1.807) is 13.2 Å². The van der Waals surface area contributed by atoms with Crippen molar-refractivity contribution in [2.24, 2.45) is 0 Å². The Labute approximate surface area is 129 Å². The van der Waals surface area contributed by atoms with E-state index in [0.717, 1.165) is 23.6 Å². The molecule has 0 amide bonds. The highest BCUT2D eigenvalue weighted by Crippen LogP contribution is 2.38. The molecule has 0 heterocycles. The number of aryl methyl sites for hydroxylation is 1. The van der Waals surface area contributed by atoms with Crippen molar-refractivity contribution in [2.75, 3.05) is 12.4 Å². The topological polar surface area (TPSA) is 45.0 Å². The Kier molecular flexibility index (Phi) is 3.72. The van der Waals surface area contributed by atoms with Crippen molar-refractivity contribution in [1.82, 2.24) is 0 Å². The molecule has 0 radical (unpaired) electrons. The SMILES string of the molecule is COc1cccc(C#N)c1NC1CCc2cc(Cl)ccc21. The number of ether oxygens (including phenoxy) is 1. The predicted molar refractivity (Wildman–Crippen MR) is 83.8 cm³/mol. The van der Waals surface area contributed by atoms with Crippen LogP contribution in [0.4, 0.5) is 5.69 Å². The molecule has 0 aliphatic heterocycles. The van der Waals surface area contributed by atoms with Gasteiger partial charge in [-0.1, -0.05) is 23.7 Å². The van der Waals surface area contributed by atoms with Crippen molar-refractivity contribution in [3.05, 3.63) is 58.1 Å². The number of para-hydroxylation sites is 1. The first kappa shape index (κ1) is 13.8. The molecule has 3 nitrogen and oxygen atoms in total. The fourth-order valence-corrected chi connectivity index (χ4v) is 3.05. The number of anilines is 1. The summed E-state index contributed by atoms with van der Waals surface area (Å²) in [6.07, 6.45) is 1.98. The third-order valence-corrected chi connectivity index (χ3v) is 4.10. The summed E-state index contributed by atoms with van der Waals surface area (Å²) >= 11 is 6.04. The lowest BCUT2D eigenvalue weighted by Crippen LogP contribution is -2.09. The highest BCUT2D eigenvalue weighted by Gasteiger charge is 2.24. The van der Waals surface area contributed by atoms with Gasteiger partial charge in [-0.05, 0) is 48.2 Å². The number of nitriles is 1. The minimum absolute atomic E-state index is 0.181. The largest absolute Gasteiger partial charge is 0.495 e. The van der Waals surface area contributed by atoms with Gasteiger partial charge < -0.3 is 10.1 Å². The average molecular weight is 299 g/mol. The molecule has 0 aromatic heterocycles. The molecular formula is C17H15ClN2O. The van der Waals surface area contributed by atoms with E-state index >= 15 is 0 Å². The third-order valence-electron chi connectivity index (χ3n) is 3.87. The summed E-state index contributed by atoms with van der Waals surface area (Å²) in [7, 11) is 1.62. The monoisotopic (exact) mass is 298 g/mol. The number of rotatable bonds is 3. The van der Waals surface area contributed by atoms with Gasteiger partial charge in [-0.3, -0.25) is 0 Å². The first-order valence-electron chi connectivity index (χ1n) is 6.85. The molecule has 1 aliphatic rings. The number of hydrogen-bond acceptors (Lipinski definition) is 3. The van der Waals surface area contributed by atoms with E-state index in [0.29, 0.717) is 11.3 Å². The predicted octanol–water partition coefficient (Wildman–Crippen LogP) is 4.32. The van der Waals surface area contributed by atoms with Crippen molar-refractivity contribution < 1.29 is 4.74 Å². The Morgan fingerprint density at radius 3 is 2.95 bits per heavy atom. The molecule has 1 aliphatic carbocycles. The van der Waals surface area contributed by atoms with Crippen LogP contribution in [0.15, 0.2) is 36.4 Å². The van der Waals surface area contributed by atoms with Gasteiger partial charge in [-0.25, -0.2) is 0 Å². The number of halogens is 1. The van der Waals surface area contributed by atoms with Gasteiger partial charge in [-0.2, -0.15) is 5.26 Å². The molecule has 4 heteroatoms. The summed E-state index contributed by atoms with van der Waals surface area (Å²) in [5, 5.41) is 13.5. The Morgan fingerprint density at radius 2 is 2.19 bits per heavy atom. The van der Waals surface area contributed by atoms with E-state index in [1.807, 2.05) is 24.3 Å². The second-order valence-corrected chi connectivity index (χ2v) is 5.51. The number of fused-ring (bicyclic) bond motifs is 1. The molecule has 3 rings (SSSR count). The summed E-state index contributed by atoms with van der Waals surface area (Å²) in [6.45, 7) is 0. The van der Waals surface area contributed by atoms with E-state index < -0.39 is 0 Å². The fourth-order valence-electron chi connectivity index (χ4n) is 2.85. The molecule has 2 aromatic carbocycles. The van der Waals surface area contributed by atoms with Crippen LogP contribution in [-0.4, -0.2) is 7.11 Å². The number of nitrogens with one attached hydrogen (secondary N) is 1. The van der Waals surface area contributed by atoms with Crippen molar-refractivity contribution in [2.45, 2.75) is 18.9 Å². The first-order valence-corrected chi connectivity index (χ1v) is 7.22. The Morgan fingerprint density at radius 1 is 1.33 bits per heavy atom. The lowest BCUT2D eigenvalue weighted by Gasteiger charge is -2.19. The fraction of sp³-hybridized carbons (Fsp3) is 0.235. The van der Waals surface area contributed by atoms with Crippen LogP contribution >= 0.6 is 11.6 Å². The van der Waals surface area contributed by atoms with Gasteiger partial charge in [0.05, 0.1) is 24.4 Å². The second kappa shape index (κ2) is 5.67. The van der Waals surface area contributed by atoms with Crippen LogP contribution in [0.5, 0.6) is 5.75 Å². The molecule has 0 saturated carbocycles. The number of nitrogens with zero attached hydrogens (tertiary/aromatic N) is 1. The lowest BCUT2D eigenvalue weighted by atomic mass is 10.1. The molecule has 1 unspecified atom stereocenters. The number of benzene rings is 2. The van der Waals surface area contributed by atoms with Gasteiger partial charge in [-0.15, -0.1) is 0 Å². The smallest absolute Gasteiger partial charge is 0.143 e. The van der Waals surface area contributed by atoms with Crippen LogP contribution in [0.25, 0.3) is 0 Å². The minimum atomic E-state index is 0.181. The zero-order valence-corrected chi connectivity index (χ0v) is 12.4. The quantitative estimate of drug-likeness (QED) is 0.918. The summed E-state index contributed by atoms with van der Waals surface area (Å²) < 4.78 is 5.37. The maximum absolute atomic E-state index is 9.28. The lowest BCUT2D eigenvalue weighted by molar-refractivity contribution is 0.416. The van der Waals surface area contributed by atoms with Gasteiger partial charge in [0.15, 0.2) is 0 Å². The molecular weight excluding hydrogens is 284 g/mol. The van der Waals surface area contributed by atoms with E-state index in [9.17, 15) is 5.26 Å². The van der Waals surface area contributed by atoms with Crippen LogP contribution in [0.1, 0.15) is 29.2 Å². The Balaban J connectivity index is 1.95. The van der Waals surface area contributed by atoms with Crippen LogP contribution in [0, 0.1) is 11.3 Å². The maximum atomic E-state index is 9.28. The minimum Gasteiger partial charge on any atom is -0.495 e. The third kappa shape index (κ3) is 2.55. The summed E-state index contributed by atoms with van der Waals surface area (Å²) in [5.41, 5.74) is 3.87. The standard InChI is InChI=1S/C17H15ClN2O/c1-21-16-4-2-3-12(10-19)17(16)20-15-8-5-11-9-13(18)6-7-14(11)15/h2-4,6-7,9,15,20H,5,8H2,1H3. The molecule has 0 fully saturated rings. The van der Waals surface area contributed by atoms with Gasteiger partial charge in [0.25, 0.3) is 0 Å². The normalized spacial score (nSPS) is 16.1. The van der Waals surface area contributed by atoms with E-state index in [-0.39, 0.29) is 6.04 Å². The molecule has 0 spiro atoms. The molecule has 1 N–H and O–H groups in total. The van der Waals surface area contributed by atoms with Crippen LogP contribution < -0.4 is 10.1 Å². The van der Waals surface area contributed by atoms with Crippen molar-refractivity contribution in [1.29, 1.82) is 5.26 Å². The first-order chi connectivity index (χ1) is 10.2. The molecule has 0 bridgehead atoms. The molecule has 2 aromatic rings. The highest BCUT2D eigenvalue weighted by atomic mass is 35.5. The van der Waals surface area contributed by atoms with Gasteiger partial charge in [0, 0.05) is 5.02 Å². The van der Waals surface area contributed by atoms with Crippen molar-refractivity contribution in [3.8, 4) is 11.8 Å². The average Bonchev–Trinajstić information content (AvgIpc) is 2.89. The summed E-state index contributed by atoms with van der Waals surface area (Å²) in [6, 6.07) is 13.9. The van der Waals surface area contributed by atoms with Crippen LogP contribution in [0.2, 0.25) is 5.02 Å². The maximum Gasteiger partial charge on any atom is 0.143 e. The number of hydrogen-bond donors (Lipinski definition) is 1. The van der Waals surface area contributed by atoms with Crippen LogP contribution in [0.3, 0.4) is 0 Å². The van der Waals surface area contributed by atoms with E-state index in [4.69, 9.17) is 16.3 Å². The Hall–Kier alpha value is -2.18. The Bertz CT molecular complexity index is 721. The molecule has 106 valence electrons. The molecule has 1 atom stereocenters. The number of methoxy groups -OCH3 is 1. The van der Waals surface area contributed by atoms with Crippen molar-refractivity contribution in [3.63, 3.8) is 0 Å². The van der Waals surface area contributed by atoms with Gasteiger partial charge in [0.2, 0.25) is 0 Å². The second-order valence-electron chi connectivity index (χ2n) is 5.07. The molecule has 0 saturated heterocycles.